The monoisotopic (exact) mass is 289 g/mol. The molecule has 21 heavy (non-hydrogen) atoms. The van der Waals surface area contributed by atoms with Crippen LogP contribution in [0, 0.1) is 0 Å². The minimum absolute atomic E-state index is 0.707. The molecule has 2 N–H and O–H groups in total. The lowest BCUT2D eigenvalue weighted by Crippen LogP contribution is -2.31. The van der Waals surface area contributed by atoms with E-state index in [1.165, 1.54) is 0 Å². The van der Waals surface area contributed by atoms with Crippen LogP contribution in [0.2, 0.25) is 0 Å². The van der Waals surface area contributed by atoms with Crippen molar-refractivity contribution in [2.75, 3.05) is 40.4 Å². The van der Waals surface area contributed by atoms with Crippen LogP contribution in [-0.2, 0) is 11.3 Å². The van der Waals surface area contributed by atoms with Gasteiger partial charge >= 0.3 is 0 Å². The molecule has 0 radical (unpaired) electrons. The van der Waals surface area contributed by atoms with Gasteiger partial charge in [0.15, 0.2) is 0 Å². The molecule has 0 aliphatic rings. The maximum absolute atomic E-state index is 5.06. The number of methoxy groups -OCH3 is 1. The molecule has 1 aromatic heterocycles. The third kappa shape index (κ3) is 4.93. The Bertz CT molecular complexity index is 514. The van der Waals surface area contributed by atoms with E-state index in [0.717, 1.165) is 43.2 Å². The lowest BCUT2D eigenvalue weighted by atomic mass is 10.1. The number of hydrogen-bond acceptors (Lipinski definition) is 5. The van der Waals surface area contributed by atoms with E-state index < -0.39 is 0 Å². The highest BCUT2D eigenvalue weighted by Gasteiger charge is 2.09. The maximum atomic E-state index is 5.06. The number of H-pyrrole nitrogens is 1. The van der Waals surface area contributed by atoms with Gasteiger partial charge in [-0.2, -0.15) is 15.4 Å². The van der Waals surface area contributed by atoms with Crippen LogP contribution >= 0.6 is 0 Å². The number of likely N-dealkylation sites (N-methyl/N-ethyl adjacent to an activating group) is 1. The third-order valence-electron chi connectivity index (χ3n) is 3.31. The zero-order valence-corrected chi connectivity index (χ0v) is 12.7. The minimum atomic E-state index is 0.707. The molecule has 0 fully saturated rings. The summed E-state index contributed by atoms with van der Waals surface area (Å²) in [6.45, 7) is 4.29. The van der Waals surface area contributed by atoms with Gasteiger partial charge in [0.2, 0.25) is 0 Å². The quantitative estimate of drug-likeness (QED) is 0.678. The first-order chi connectivity index (χ1) is 10.3. The minimum Gasteiger partial charge on any atom is -0.383 e. The lowest BCUT2D eigenvalue weighted by molar-refractivity contribution is 0.161. The molecule has 1 aromatic carbocycles. The molecule has 6 nitrogen and oxygen atoms in total. The van der Waals surface area contributed by atoms with Crippen LogP contribution in [0.3, 0.4) is 0 Å². The van der Waals surface area contributed by atoms with Crippen molar-refractivity contribution in [3.05, 3.63) is 36.0 Å². The Morgan fingerprint density at radius 3 is 2.76 bits per heavy atom. The summed E-state index contributed by atoms with van der Waals surface area (Å²) in [4.78, 5) is 2.23. The van der Waals surface area contributed by atoms with Gasteiger partial charge in [0.25, 0.3) is 0 Å². The van der Waals surface area contributed by atoms with Gasteiger partial charge in [0.1, 0.15) is 11.4 Å². The Balaban J connectivity index is 1.78. The highest BCUT2D eigenvalue weighted by molar-refractivity contribution is 5.60. The van der Waals surface area contributed by atoms with Gasteiger partial charge in [0, 0.05) is 38.9 Å². The fraction of sp³-hybridized carbons (Fsp3) is 0.467. The highest BCUT2D eigenvalue weighted by Crippen LogP contribution is 2.18. The van der Waals surface area contributed by atoms with Crippen molar-refractivity contribution in [1.29, 1.82) is 0 Å². The molecule has 0 spiro atoms. The summed E-state index contributed by atoms with van der Waals surface area (Å²) in [5.74, 6) is 0. The summed E-state index contributed by atoms with van der Waals surface area (Å²) in [5, 5.41) is 14.6. The molecule has 2 rings (SSSR count). The smallest absolute Gasteiger partial charge is 0.117 e. The first-order valence-corrected chi connectivity index (χ1v) is 7.14. The normalized spacial score (nSPS) is 11.2. The van der Waals surface area contributed by atoms with Crippen LogP contribution in [0.4, 0.5) is 0 Å². The van der Waals surface area contributed by atoms with Crippen molar-refractivity contribution in [3.8, 4) is 11.3 Å². The SMILES string of the molecule is COCCN(C)CCNCc1n[nH]nc1-c1ccccc1. The van der Waals surface area contributed by atoms with Crippen molar-refractivity contribution in [2.24, 2.45) is 0 Å². The Kier molecular flexibility index (Phi) is 6.33. The molecule has 114 valence electrons. The second kappa shape index (κ2) is 8.51. The highest BCUT2D eigenvalue weighted by atomic mass is 16.5. The van der Waals surface area contributed by atoms with Crippen molar-refractivity contribution in [1.82, 2.24) is 25.6 Å². The first kappa shape index (κ1) is 15.6. The predicted molar refractivity (Wildman–Crippen MR) is 82.9 cm³/mol. The van der Waals surface area contributed by atoms with Crippen LogP contribution in [-0.4, -0.2) is 60.7 Å². The van der Waals surface area contributed by atoms with E-state index in [2.05, 4.69) is 32.7 Å². The zero-order chi connectivity index (χ0) is 14.9. The number of hydrogen-bond donors (Lipinski definition) is 2. The van der Waals surface area contributed by atoms with E-state index in [0.29, 0.717) is 6.54 Å². The fourth-order valence-corrected chi connectivity index (χ4v) is 2.04. The summed E-state index contributed by atoms with van der Waals surface area (Å²) in [5.41, 5.74) is 2.94. The summed E-state index contributed by atoms with van der Waals surface area (Å²) < 4.78 is 5.06. The van der Waals surface area contributed by atoms with E-state index >= 15 is 0 Å². The van der Waals surface area contributed by atoms with Crippen molar-refractivity contribution < 1.29 is 4.74 Å². The maximum Gasteiger partial charge on any atom is 0.117 e. The van der Waals surface area contributed by atoms with Crippen LogP contribution < -0.4 is 5.32 Å². The van der Waals surface area contributed by atoms with Crippen LogP contribution in [0.1, 0.15) is 5.69 Å². The summed E-state index contributed by atoms with van der Waals surface area (Å²) in [6.07, 6.45) is 0. The molecule has 0 saturated carbocycles. The van der Waals surface area contributed by atoms with E-state index in [1.807, 2.05) is 30.3 Å². The van der Waals surface area contributed by atoms with E-state index in [9.17, 15) is 0 Å². The van der Waals surface area contributed by atoms with Crippen molar-refractivity contribution in [2.45, 2.75) is 6.54 Å². The van der Waals surface area contributed by atoms with Crippen LogP contribution in [0.15, 0.2) is 30.3 Å². The third-order valence-corrected chi connectivity index (χ3v) is 3.31. The molecule has 2 aromatic rings. The molecule has 1 heterocycles. The van der Waals surface area contributed by atoms with Gasteiger partial charge in [-0.3, -0.25) is 0 Å². The number of ether oxygens (including phenoxy) is 1. The van der Waals surface area contributed by atoms with Gasteiger partial charge < -0.3 is 15.0 Å². The Morgan fingerprint density at radius 1 is 1.19 bits per heavy atom. The molecule has 0 amide bonds. The van der Waals surface area contributed by atoms with Crippen molar-refractivity contribution in [3.63, 3.8) is 0 Å². The predicted octanol–water partition coefficient (Wildman–Crippen LogP) is 1.14. The number of nitrogens with zero attached hydrogens (tertiary/aromatic N) is 3. The Labute approximate surface area is 125 Å². The topological polar surface area (TPSA) is 66.1 Å². The van der Waals surface area contributed by atoms with Crippen molar-refractivity contribution >= 4 is 0 Å². The van der Waals surface area contributed by atoms with E-state index in [4.69, 9.17) is 4.74 Å². The molecular formula is C15H23N5O. The van der Waals surface area contributed by atoms with E-state index in [-0.39, 0.29) is 0 Å². The number of rotatable bonds is 9. The van der Waals surface area contributed by atoms with Gasteiger partial charge in [-0.15, -0.1) is 0 Å². The Hall–Kier alpha value is -1.76. The second-order valence-electron chi connectivity index (χ2n) is 4.96. The van der Waals surface area contributed by atoms with Gasteiger partial charge in [-0.25, -0.2) is 0 Å². The van der Waals surface area contributed by atoms with Gasteiger partial charge in [0.05, 0.1) is 6.61 Å². The molecule has 0 bridgehead atoms. The summed E-state index contributed by atoms with van der Waals surface area (Å²) in [6, 6.07) is 10.1. The number of aromatic nitrogens is 3. The molecule has 6 heteroatoms. The van der Waals surface area contributed by atoms with Gasteiger partial charge in [-0.1, -0.05) is 30.3 Å². The van der Waals surface area contributed by atoms with Gasteiger partial charge in [-0.05, 0) is 7.05 Å². The average molecular weight is 289 g/mol. The molecule has 0 aliphatic carbocycles. The van der Waals surface area contributed by atoms with E-state index in [1.54, 1.807) is 7.11 Å². The number of benzene rings is 1. The first-order valence-electron chi connectivity index (χ1n) is 7.14. The number of nitrogens with one attached hydrogen (secondary N) is 2. The Morgan fingerprint density at radius 2 is 2.00 bits per heavy atom. The lowest BCUT2D eigenvalue weighted by Gasteiger charge is -2.15. The molecule has 0 aliphatic heterocycles. The average Bonchev–Trinajstić information content (AvgIpc) is 2.99. The zero-order valence-electron chi connectivity index (χ0n) is 12.7. The molecular weight excluding hydrogens is 266 g/mol. The fourth-order valence-electron chi connectivity index (χ4n) is 2.04. The largest absolute Gasteiger partial charge is 0.383 e. The second-order valence-corrected chi connectivity index (χ2v) is 4.96. The summed E-state index contributed by atoms with van der Waals surface area (Å²) in [7, 11) is 3.81. The van der Waals surface area contributed by atoms with Crippen LogP contribution in [0.25, 0.3) is 11.3 Å². The molecule has 0 unspecified atom stereocenters. The number of aromatic amines is 1. The van der Waals surface area contributed by atoms with Crippen LogP contribution in [0.5, 0.6) is 0 Å². The summed E-state index contributed by atoms with van der Waals surface area (Å²) >= 11 is 0. The molecule has 0 saturated heterocycles. The molecule has 0 atom stereocenters. The standard InChI is InChI=1S/C15H23N5O/c1-20(10-11-21-2)9-8-16-12-14-15(18-19-17-14)13-6-4-3-5-7-13/h3-7,16H,8-12H2,1-2H3,(H,17,18,19).